The fourth-order valence-corrected chi connectivity index (χ4v) is 3.11. The van der Waals surface area contributed by atoms with Gasteiger partial charge in [-0.2, -0.15) is 4.98 Å². The first-order chi connectivity index (χ1) is 10.1. The third-order valence-corrected chi connectivity index (χ3v) is 4.34. The predicted octanol–water partition coefficient (Wildman–Crippen LogP) is 2.73. The summed E-state index contributed by atoms with van der Waals surface area (Å²) in [5.74, 6) is 2.15. The molecule has 2 aromatic rings. The first-order valence-electron chi connectivity index (χ1n) is 6.67. The maximum absolute atomic E-state index is 11.8. The lowest BCUT2D eigenvalue weighted by Crippen LogP contribution is -2.12. The Morgan fingerprint density at radius 1 is 1.43 bits per heavy atom. The standard InChI is InChI=1S/C12H17N5O2S2/c1-4-20-12-16-15-11(21-12)13-8(18)5-6-9-14-10(7(2)3)17-19-9/h7H,4-6H2,1-3H3,(H,13,15,18). The fourth-order valence-electron chi connectivity index (χ4n) is 1.45. The number of rotatable bonds is 7. The van der Waals surface area contributed by atoms with Gasteiger partial charge in [0, 0.05) is 18.8 Å². The van der Waals surface area contributed by atoms with Crippen molar-refractivity contribution in [3.8, 4) is 0 Å². The molecular formula is C12H17N5O2S2. The second-order valence-corrected chi connectivity index (χ2v) is 7.04. The Labute approximate surface area is 130 Å². The molecule has 1 N–H and O–H groups in total. The largest absolute Gasteiger partial charge is 0.339 e. The molecular weight excluding hydrogens is 310 g/mol. The van der Waals surface area contributed by atoms with Crippen LogP contribution in [0.4, 0.5) is 5.13 Å². The molecule has 0 atom stereocenters. The van der Waals surface area contributed by atoms with E-state index in [0.717, 1.165) is 10.1 Å². The molecule has 1 amide bonds. The number of amides is 1. The van der Waals surface area contributed by atoms with Gasteiger partial charge in [0.05, 0.1) is 0 Å². The minimum Gasteiger partial charge on any atom is -0.339 e. The summed E-state index contributed by atoms with van der Waals surface area (Å²) in [6.45, 7) is 6.02. The molecule has 21 heavy (non-hydrogen) atoms. The zero-order valence-electron chi connectivity index (χ0n) is 12.1. The molecule has 0 fully saturated rings. The monoisotopic (exact) mass is 327 g/mol. The maximum atomic E-state index is 11.8. The molecule has 2 rings (SSSR count). The Kier molecular flexibility index (Phi) is 5.68. The first-order valence-corrected chi connectivity index (χ1v) is 8.47. The molecule has 0 aliphatic carbocycles. The van der Waals surface area contributed by atoms with E-state index < -0.39 is 0 Å². The highest BCUT2D eigenvalue weighted by molar-refractivity contribution is 8.01. The van der Waals surface area contributed by atoms with E-state index in [2.05, 4.69) is 25.7 Å². The number of hydrogen-bond acceptors (Lipinski definition) is 8. The van der Waals surface area contributed by atoms with Gasteiger partial charge in [-0.15, -0.1) is 10.2 Å². The summed E-state index contributed by atoms with van der Waals surface area (Å²) >= 11 is 2.97. The highest BCUT2D eigenvalue weighted by atomic mass is 32.2. The van der Waals surface area contributed by atoms with Gasteiger partial charge in [-0.05, 0) is 5.75 Å². The van der Waals surface area contributed by atoms with Crippen LogP contribution >= 0.6 is 23.1 Å². The number of anilines is 1. The number of nitrogens with one attached hydrogen (secondary N) is 1. The van der Waals surface area contributed by atoms with E-state index in [1.165, 1.54) is 11.3 Å². The Balaban J connectivity index is 1.80. The minimum absolute atomic E-state index is 0.136. The normalized spacial score (nSPS) is 11.0. The molecule has 0 spiro atoms. The Bertz CT molecular complexity index is 596. The third-order valence-electron chi connectivity index (χ3n) is 2.49. The molecule has 0 bridgehead atoms. The van der Waals surface area contributed by atoms with Gasteiger partial charge >= 0.3 is 0 Å². The van der Waals surface area contributed by atoms with Crippen LogP contribution in [-0.2, 0) is 11.2 Å². The van der Waals surface area contributed by atoms with E-state index in [1.807, 2.05) is 20.8 Å². The average molecular weight is 327 g/mol. The number of hydrogen-bond donors (Lipinski definition) is 1. The van der Waals surface area contributed by atoms with Gasteiger partial charge in [0.2, 0.25) is 16.9 Å². The summed E-state index contributed by atoms with van der Waals surface area (Å²) in [6, 6.07) is 0. The summed E-state index contributed by atoms with van der Waals surface area (Å²) in [5.41, 5.74) is 0. The van der Waals surface area contributed by atoms with Crippen molar-refractivity contribution in [3.63, 3.8) is 0 Å². The van der Waals surface area contributed by atoms with Crippen molar-refractivity contribution >= 4 is 34.1 Å². The van der Waals surface area contributed by atoms with Crippen molar-refractivity contribution in [1.82, 2.24) is 20.3 Å². The number of nitrogens with zero attached hydrogens (tertiary/aromatic N) is 4. The van der Waals surface area contributed by atoms with Crippen LogP contribution in [0.2, 0.25) is 0 Å². The summed E-state index contributed by atoms with van der Waals surface area (Å²) in [5, 5.41) is 15.0. The first kappa shape index (κ1) is 15.9. The minimum atomic E-state index is -0.136. The van der Waals surface area contributed by atoms with Crippen molar-refractivity contribution in [2.45, 2.75) is 43.9 Å². The molecule has 7 nitrogen and oxygen atoms in total. The summed E-state index contributed by atoms with van der Waals surface area (Å²) in [4.78, 5) is 16.1. The molecule has 0 aromatic carbocycles. The molecule has 0 radical (unpaired) electrons. The molecule has 0 aliphatic heterocycles. The van der Waals surface area contributed by atoms with Crippen LogP contribution in [-0.4, -0.2) is 32.0 Å². The zero-order chi connectivity index (χ0) is 15.2. The molecule has 2 heterocycles. The fraction of sp³-hybridized carbons (Fsp3) is 0.583. The van der Waals surface area contributed by atoms with Crippen molar-refractivity contribution in [3.05, 3.63) is 11.7 Å². The predicted molar refractivity (Wildman–Crippen MR) is 81.6 cm³/mol. The van der Waals surface area contributed by atoms with Crippen molar-refractivity contribution in [2.75, 3.05) is 11.1 Å². The van der Waals surface area contributed by atoms with E-state index in [4.69, 9.17) is 4.52 Å². The van der Waals surface area contributed by atoms with E-state index in [1.54, 1.807) is 11.8 Å². The van der Waals surface area contributed by atoms with Crippen LogP contribution in [0.15, 0.2) is 8.86 Å². The van der Waals surface area contributed by atoms with Crippen LogP contribution < -0.4 is 5.32 Å². The topological polar surface area (TPSA) is 93.8 Å². The SMILES string of the molecule is CCSc1nnc(NC(=O)CCc2nc(C(C)C)no2)s1. The average Bonchev–Trinajstić information content (AvgIpc) is 3.06. The van der Waals surface area contributed by atoms with Crippen LogP contribution in [0.1, 0.15) is 44.8 Å². The van der Waals surface area contributed by atoms with Gasteiger partial charge in [0.25, 0.3) is 0 Å². The Morgan fingerprint density at radius 2 is 2.24 bits per heavy atom. The third kappa shape index (κ3) is 4.78. The molecule has 0 saturated heterocycles. The van der Waals surface area contributed by atoms with Crippen LogP contribution in [0.25, 0.3) is 0 Å². The maximum Gasteiger partial charge on any atom is 0.227 e. The quantitative estimate of drug-likeness (QED) is 0.617. The lowest BCUT2D eigenvalue weighted by atomic mass is 10.2. The highest BCUT2D eigenvalue weighted by Crippen LogP contribution is 2.25. The van der Waals surface area contributed by atoms with Crippen molar-refractivity contribution in [2.24, 2.45) is 0 Å². The molecule has 9 heteroatoms. The molecule has 0 unspecified atom stereocenters. The number of aromatic nitrogens is 4. The lowest BCUT2D eigenvalue weighted by molar-refractivity contribution is -0.116. The van der Waals surface area contributed by atoms with Crippen LogP contribution in [0.3, 0.4) is 0 Å². The summed E-state index contributed by atoms with van der Waals surface area (Å²) in [6.07, 6.45) is 0.691. The van der Waals surface area contributed by atoms with E-state index in [-0.39, 0.29) is 18.2 Å². The van der Waals surface area contributed by atoms with Gasteiger partial charge in [-0.3, -0.25) is 4.79 Å². The smallest absolute Gasteiger partial charge is 0.227 e. The van der Waals surface area contributed by atoms with Gasteiger partial charge in [-0.25, -0.2) is 0 Å². The second kappa shape index (κ2) is 7.51. The molecule has 114 valence electrons. The van der Waals surface area contributed by atoms with Gasteiger partial charge in [0.15, 0.2) is 10.2 Å². The second-order valence-electron chi connectivity index (χ2n) is 4.56. The molecule has 2 aromatic heterocycles. The van der Waals surface area contributed by atoms with E-state index in [0.29, 0.717) is 23.3 Å². The van der Waals surface area contributed by atoms with Gasteiger partial charge < -0.3 is 9.84 Å². The highest BCUT2D eigenvalue weighted by Gasteiger charge is 2.12. The number of carbonyl (C=O) groups is 1. The Hall–Kier alpha value is -1.48. The van der Waals surface area contributed by atoms with Gasteiger partial charge in [0.1, 0.15) is 0 Å². The van der Waals surface area contributed by atoms with Gasteiger partial charge in [-0.1, -0.05) is 49.0 Å². The zero-order valence-corrected chi connectivity index (χ0v) is 13.8. The van der Waals surface area contributed by atoms with Crippen LogP contribution in [0.5, 0.6) is 0 Å². The van der Waals surface area contributed by atoms with Crippen LogP contribution in [0, 0.1) is 0 Å². The van der Waals surface area contributed by atoms with Crippen molar-refractivity contribution in [1.29, 1.82) is 0 Å². The number of thioether (sulfide) groups is 1. The molecule has 0 aliphatic rings. The van der Waals surface area contributed by atoms with E-state index >= 15 is 0 Å². The summed E-state index contributed by atoms with van der Waals surface area (Å²) in [7, 11) is 0. The molecule has 0 saturated carbocycles. The van der Waals surface area contributed by atoms with Crippen molar-refractivity contribution < 1.29 is 9.32 Å². The Morgan fingerprint density at radius 3 is 2.90 bits per heavy atom. The number of aryl methyl sites for hydroxylation is 1. The lowest BCUT2D eigenvalue weighted by Gasteiger charge is -1.98. The number of carbonyl (C=O) groups excluding carboxylic acids is 1. The summed E-state index contributed by atoms with van der Waals surface area (Å²) < 4.78 is 5.95. The van der Waals surface area contributed by atoms with E-state index in [9.17, 15) is 4.79 Å².